The SMILES string of the molecule is CC1(c2ccccc2)c2ccccc2-c2c(N(c3ccc4c(c3)C(c3ccccc3)(c3ccccc3)c3ccccc3-4)c3ccccc3-c3ccccc3)cccc21. The van der Waals surface area contributed by atoms with Gasteiger partial charge in [0.15, 0.2) is 0 Å². The van der Waals surface area contributed by atoms with Gasteiger partial charge in [0.2, 0.25) is 0 Å². The van der Waals surface area contributed by atoms with Crippen LogP contribution in [0.5, 0.6) is 0 Å². The fraction of sp³-hybridized carbons (Fsp3) is 0.0526. The van der Waals surface area contributed by atoms with Crippen LogP contribution in [0.25, 0.3) is 33.4 Å². The largest absolute Gasteiger partial charge is 0.309 e. The maximum atomic E-state index is 2.54. The van der Waals surface area contributed by atoms with Gasteiger partial charge >= 0.3 is 0 Å². The number of fused-ring (bicyclic) bond motifs is 6. The van der Waals surface area contributed by atoms with E-state index >= 15 is 0 Å². The van der Waals surface area contributed by atoms with E-state index in [2.05, 4.69) is 242 Å². The molecule has 58 heavy (non-hydrogen) atoms. The van der Waals surface area contributed by atoms with Gasteiger partial charge in [0, 0.05) is 22.2 Å². The van der Waals surface area contributed by atoms with Crippen molar-refractivity contribution < 1.29 is 0 Å². The lowest BCUT2D eigenvalue weighted by Crippen LogP contribution is -2.28. The highest BCUT2D eigenvalue weighted by molar-refractivity contribution is 5.99. The third-order valence-corrected chi connectivity index (χ3v) is 12.8. The maximum Gasteiger partial charge on any atom is 0.0714 e. The minimum absolute atomic E-state index is 0.330. The van der Waals surface area contributed by atoms with E-state index in [1.807, 2.05) is 0 Å². The van der Waals surface area contributed by atoms with E-state index in [9.17, 15) is 0 Å². The zero-order valence-electron chi connectivity index (χ0n) is 32.4. The Hall–Kier alpha value is -7.22. The van der Waals surface area contributed by atoms with Crippen LogP contribution in [-0.2, 0) is 10.8 Å². The molecular formula is C57H41N. The van der Waals surface area contributed by atoms with Crippen LogP contribution in [0, 0.1) is 0 Å². The molecule has 2 aliphatic rings. The highest BCUT2D eigenvalue weighted by Gasteiger charge is 2.47. The molecule has 11 rings (SSSR count). The lowest BCUT2D eigenvalue weighted by atomic mass is 9.67. The third kappa shape index (κ3) is 4.90. The molecule has 0 bridgehead atoms. The molecule has 9 aromatic carbocycles. The van der Waals surface area contributed by atoms with E-state index in [4.69, 9.17) is 0 Å². The van der Waals surface area contributed by atoms with Crippen LogP contribution >= 0.6 is 0 Å². The molecule has 1 atom stereocenters. The van der Waals surface area contributed by atoms with Crippen molar-refractivity contribution in [1.29, 1.82) is 0 Å². The molecule has 9 aromatic rings. The van der Waals surface area contributed by atoms with Gasteiger partial charge in [-0.2, -0.15) is 0 Å². The lowest BCUT2D eigenvalue weighted by Gasteiger charge is -2.35. The Morgan fingerprint density at radius 2 is 0.810 bits per heavy atom. The monoisotopic (exact) mass is 739 g/mol. The summed E-state index contributed by atoms with van der Waals surface area (Å²) in [5, 5.41) is 0. The molecule has 0 N–H and O–H groups in total. The van der Waals surface area contributed by atoms with Gasteiger partial charge in [0.1, 0.15) is 0 Å². The molecule has 0 radical (unpaired) electrons. The van der Waals surface area contributed by atoms with Crippen LogP contribution in [0.15, 0.2) is 231 Å². The minimum Gasteiger partial charge on any atom is -0.309 e. The van der Waals surface area contributed by atoms with Gasteiger partial charge in [0.05, 0.1) is 16.8 Å². The second-order valence-corrected chi connectivity index (χ2v) is 15.7. The van der Waals surface area contributed by atoms with Crippen molar-refractivity contribution in [3.05, 3.63) is 269 Å². The molecule has 0 fully saturated rings. The minimum atomic E-state index is -0.522. The van der Waals surface area contributed by atoms with Crippen molar-refractivity contribution in [2.24, 2.45) is 0 Å². The average Bonchev–Trinajstić information content (AvgIpc) is 3.75. The van der Waals surface area contributed by atoms with Crippen molar-refractivity contribution in [3.8, 4) is 33.4 Å². The van der Waals surface area contributed by atoms with Crippen molar-refractivity contribution in [1.82, 2.24) is 0 Å². The van der Waals surface area contributed by atoms with Crippen molar-refractivity contribution in [2.75, 3.05) is 4.90 Å². The van der Waals surface area contributed by atoms with Gasteiger partial charge in [0.25, 0.3) is 0 Å². The summed E-state index contributed by atoms with van der Waals surface area (Å²) >= 11 is 0. The van der Waals surface area contributed by atoms with Gasteiger partial charge < -0.3 is 4.90 Å². The fourth-order valence-corrected chi connectivity index (χ4v) is 10.3. The Morgan fingerprint density at radius 1 is 0.328 bits per heavy atom. The molecule has 1 unspecified atom stereocenters. The maximum absolute atomic E-state index is 2.54. The fourth-order valence-electron chi connectivity index (χ4n) is 10.3. The third-order valence-electron chi connectivity index (χ3n) is 12.8. The molecule has 2 aliphatic carbocycles. The molecule has 0 saturated heterocycles. The first-order valence-electron chi connectivity index (χ1n) is 20.3. The molecule has 0 aliphatic heterocycles. The van der Waals surface area contributed by atoms with Crippen LogP contribution in [0.3, 0.4) is 0 Å². The van der Waals surface area contributed by atoms with E-state index < -0.39 is 5.41 Å². The van der Waals surface area contributed by atoms with Crippen molar-refractivity contribution in [2.45, 2.75) is 17.8 Å². The number of hydrogen-bond donors (Lipinski definition) is 0. The summed E-state index contributed by atoms with van der Waals surface area (Å²) in [5.41, 5.74) is 19.1. The summed E-state index contributed by atoms with van der Waals surface area (Å²) in [5.74, 6) is 0. The van der Waals surface area contributed by atoms with E-state index in [1.54, 1.807) is 0 Å². The van der Waals surface area contributed by atoms with Crippen LogP contribution < -0.4 is 4.90 Å². The van der Waals surface area contributed by atoms with Crippen molar-refractivity contribution >= 4 is 17.1 Å². The van der Waals surface area contributed by atoms with Gasteiger partial charge in [-0.1, -0.05) is 206 Å². The number of anilines is 3. The van der Waals surface area contributed by atoms with Crippen LogP contribution in [-0.4, -0.2) is 0 Å². The Bertz CT molecular complexity index is 2910. The Balaban J connectivity index is 1.24. The molecule has 274 valence electrons. The summed E-state index contributed by atoms with van der Waals surface area (Å²) in [6.45, 7) is 2.40. The molecule has 0 aromatic heterocycles. The average molecular weight is 740 g/mol. The Kier molecular flexibility index (Phi) is 7.91. The summed E-state index contributed by atoms with van der Waals surface area (Å²) < 4.78 is 0. The van der Waals surface area contributed by atoms with Gasteiger partial charge in [-0.25, -0.2) is 0 Å². The molecule has 0 amide bonds. The highest BCUT2D eigenvalue weighted by atomic mass is 15.1. The summed E-state index contributed by atoms with van der Waals surface area (Å²) in [6.07, 6.45) is 0. The lowest BCUT2D eigenvalue weighted by molar-refractivity contribution is 0.714. The molecule has 0 saturated carbocycles. The number of nitrogens with zero attached hydrogens (tertiary/aromatic N) is 1. The normalized spacial score (nSPS) is 15.5. The number of rotatable bonds is 7. The summed E-state index contributed by atoms with van der Waals surface area (Å²) in [4.78, 5) is 2.54. The first-order chi connectivity index (χ1) is 28.7. The Morgan fingerprint density at radius 3 is 1.48 bits per heavy atom. The zero-order chi connectivity index (χ0) is 38.7. The van der Waals surface area contributed by atoms with Gasteiger partial charge in [-0.15, -0.1) is 0 Å². The quantitative estimate of drug-likeness (QED) is 0.157. The van der Waals surface area contributed by atoms with E-state index in [-0.39, 0.29) is 5.41 Å². The second kappa shape index (κ2) is 13.5. The van der Waals surface area contributed by atoms with E-state index in [1.165, 1.54) is 72.3 Å². The van der Waals surface area contributed by atoms with Crippen molar-refractivity contribution in [3.63, 3.8) is 0 Å². The smallest absolute Gasteiger partial charge is 0.0714 e. The standard InChI is InChI=1S/C57H41N/c1-56(41-23-8-3-9-24-41)49-32-17-15-31-48(49)55-51(56)34-20-36-54(55)58(53-35-19-16-29-45(53)40-21-6-2-7-22-40)44-37-38-47-46-30-14-18-33-50(46)57(52(47)39-44,42-25-10-4-11-26-42)43-27-12-5-13-28-43/h2-39H,1H3. The van der Waals surface area contributed by atoms with Crippen LogP contribution in [0.4, 0.5) is 17.1 Å². The van der Waals surface area contributed by atoms with Crippen LogP contribution in [0.1, 0.15) is 45.9 Å². The topological polar surface area (TPSA) is 3.24 Å². The number of hydrogen-bond acceptors (Lipinski definition) is 1. The van der Waals surface area contributed by atoms with E-state index in [0.717, 1.165) is 17.1 Å². The zero-order valence-corrected chi connectivity index (χ0v) is 32.4. The number of para-hydroxylation sites is 1. The molecule has 1 heteroatoms. The predicted octanol–water partition coefficient (Wildman–Crippen LogP) is 14.5. The Labute approximate surface area is 341 Å². The first kappa shape index (κ1) is 34.1. The van der Waals surface area contributed by atoms with Gasteiger partial charge in [-0.05, 0) is 92.4 Å². The predicted molar refractivity (Wildman–Crippen MR) is 241 cm³/mol. The molecule has 1 nitrogen and oxygen atoms in total. The molecule has 0 heterocycles. The number of benzene rings is 9. The molecular weight excluding hydrogens is 699 g/mol. The first-order valence-corrected chi connectivity index (χ1v) is 20.3. The summed E-state index contributed by atoms with van der Waals surface area (Å²) in [7, 11) is 0. The second-order valence-electron chi connectivity index (χ2n) is 15.7. The highest BCUT2D eigenvalue weighted by Crippen LogP contribution is 2.60. The molecule has 0 spiro atoms. The van der Waals surface area contributed by atoms with Gasteiger partial charge in [-0.3, -0.25) is 0 Å². The van der Waals surface area contributed by atoms with Crippen LogP contribution in [0.2, 0.25) is 0 Å². The van der Waals surface area contributed by atoms with E-state index in [0.29, 0.717) is 0 Å². The summed E-state index contributed by atoms with van der Waals surface area (Å²) in [6, 6.07) is 85.2.